The van der Waals surface area contributed by atoms with Crippen molar-refractivity contribution in [3.8, 4) is 5.75 Å². The van der Waals surface area contributed by atoms with Gasteiger partial charge in [0.2, 0.25) is 0 Å². The Morgan fingerprint density at radius 3 is 2.71 bits per heavy atom. The molecular formula is C16H24FNO3. The molecule has 0 saturated carbocycles. The van der Waals surface area contributed by atoms with E-state index in [1.54, 1.807) is 13.0 Å². The lowest BCUT2D eigenvalue weighted by Crippen LogP contribution is -2.29. The molecule has 0 heterocycles. The Bertz CT molecular complexity index is 451. The van der Waals surface area contributed by atoms with Gasteiger partial charge < -0.3 is 14.8 Å². The summed E-state index contributed by atoms with van der Waals surface area (Å²) in [6, 6.07) is 4.31. The molecular weight excluding hydrogens is 273 g/mol. The summed E-state index contributed by atoms with van der Waals surface area (Å²) in [5, 5.41) is 3.20. The second kappa shape index (κ2) is 9.34. The maximum absolute atomic E-state index is 13.4. The van der Waals surface area contributed by atoms with Gasteiger partial charge in [0.1, 0.15) is 11.6 Å². The summed E-state index contributed by atoms with van der Waals surface area (Å²) in [6.45, 7) is 7.31. The molecule has 0 saturated heterocycles. The number of halogens is 1. The summed E-state index contributed by atoms with van der Waals surface area (Å²) in [4.78, 5) is 11.8. The minimum Gasteiger partial charge on any atom is -0.478 e. The second-order valence-corrected chi connectivity index (χ2v) is 4.70. The number of carbonyl (C=O) groups is 1. The number of rotatable bonds is 9. The summed E-state index contributed by atoms with van der Waals surface area (Å²) >= 11 is 0. The van der Waals surface area contributed by atoms with E-state index in [0.29, 0.717) is 30.9 Å². The van der Waals surface area contributed by atoms with Gasteiger partial charge in [0.05, 0.1) is 6.61 Å². The van der Waals surface area contributed by atoms with Crippen molar-refractivity contribution in [2.75, 3.05) is 13.2 Å². The first-order valence-corrected chi connectivity index (χ1v) is 7.44. The van der Waals surface area contributed by atoms with Crippen LogP contribution in [0.25, 0.3) is 0 Å². The van der Waals surface area contributed by atoms with Gasteiger partial charge in [-0.3, -0.25) is 0 Å². The van der Waals surface area contributed by atoms with Crippen molar-refractivity contribution >= 4 is 5.97 Å². The lowest BCUT2D eigenvalue weighted by Gasteiger charge is -2.18. The van der Waals surface area contributed by atoms with Crippen LogP contribution in [0.4, 0.5) is 4.39 Å². The fourth-order valence-electron chi connectivity index (χ4n) is 1.89. The molecule has 0 bridgehead atoms. The first kappa shape index (κ1) is 17.4. The summed E-state index contributed by atoms with van der Waals surface area (Å²) in [7, 11) is 0. The molecule has 1 unspecified atom stereocenters. The molecule has 21 heavy (non-hydrogen) atoms. The third-order valence-corrected chi connectivity index (χ3v) is 2.95. The van der Waals surface area contributed by atoms with Crippen LogP contribution in [-0.2, 0) is 16.1 Å². The third-order valence-electron chi connectivity index (χ3n) is 2.95. The Labute approximate surface area is 125 Å². The van der Waals surface area contributed by atoms with Crippen molar-refractivity contribution in [1.29, 1.82) is 0 Å². The van der Waals surface area contributed by atoms with E-state index in [1.165, 1.54) is 12.1 Å². The van der Waals surface area contributed by atoms with Crippen LogP contribution in [0.15, 0.2) is 18.2 Å². The predicted molar refractivity (Wildman–Crippen MR) is 79.7 cm³/mol. The molecule has 0 aromatic heterocycles. The fourth-order valence-corrected chi connectivity index (χ4v) is 1.89. The van der Waals surface area contributed by atoms with E-state index in [4.69, 9.17) is 9.47 Å². The maximum Gasteiger partial charge on any atom is 0.347 e. The van der Waals surface area contributed by atoms with E-state index >= 15 is 0 Å². The summed E-state index contributed by atoms with van der Waals surface area (Å²) in [5.41, 5.74) is 0.700. The first-order chi connectivity index (χ1) is 10.1. The van der Waals surface area contributed by atoms with Gasteiger partial charge in [-0.25, -0.2) is 9.18 Å². The van der Waals surface area contributed by atoms with Crippen LogP contribution >= 0.6 is 0 Å². The van der Waals surface area contributed by atoms with Crippen LogP contribution in [0, 0.1) is 5.82 Å². The zero-order chi connectivity index (χ0) is 15.7. The Morgan fingerprint density at radius 2 is 2.10 bits per heavy atom. The Balaban J connectivity index is 2.82. The molecule has 1 rings (SSSR count). The van der Waals surface area contributed by atoms with Crippen molar-refractivity contribution in [2.24, 2.45) is 0 Å². The van der Waals surface area contributed by atoms with Crippen molar-refractivity contribution in [3.05, 3.63) is 29.6 Å². The standard InChI is InChI=1S/C16H24FNO3/c1-4-9-18-11-12-10-13(17)7-8-15(12)21-14(5-2)16(19)20-6-3/h7-8,10,14,18H,4-6,9,11H2,1-3H3. The molecule has 1 aromatic rings. The number of hydrogen-bond donors (Lipinski definition) is 1. The van der Waals surface area contributed by atoms with Gasteiger partial charge in [-0.15, -0.1) is 0 Å². The highest BCUT2D eigenvalue weighted by molar-refractivity contribution is 5.75. The molecule has 5 heteroatoms. The first-order valence-electron chi connectivity index (χ1n) is 7.44. The van der Waals surface area contributed by atoms with Crippen molar-refractivity contribution in [3.63, 3.8) is 0 Å². The van der Waals surface area contributed by atoms with Gasteiger partial charge >= 0.3 is 5.97 Å². The maximum atomic E-state index is 13.4. The molecule has 0 aliphatic carbocycles. The zero-order valence-corrected chi connectivity index (χ0v) is 12.9. The molecule has 118 valence electrons. The molecule has 0 aliphatic rings. The van der Waals surface area contributed by atoms with Crippen molar-refractivity contribution in [1.82, 2.24) is 5.32 Å². The quantitative estimate of drug-likeness (QED) is 0.562. The largest absolute Gasteiger partial charge is 0.478 e. The Morgan fingerprint density at radius 1 is 1.33 bits per heavy atom. The molecule has 1 N–H and O–H groups in total. The van der Waals surface area contributed by atoms with Gasteiger partial charge in [0.25, 0.3) is 0 Å². The lowest BCUT2D eigenvalue weighted by molar-refractivity contribution is -0.151. The predicted octanol–water partition coefficient (Wildman–Crippen LogP) is 3.05. The van der Waals surface area contributed by atoms with E-state index in [0.717, 1.165) is 13.0 Å². The highest BCUT2D eigenvalue weighted by Gasteiger charge is 2.21. The van der Waals surface area contributed by atoms with E-state index in [2.05, 4.69) is 12.2 Å². The van der Waals surface area contributed by atoms with Gasteiger partial charge in [-0.1, -0.05) is 13.8 Å². The van der Waals surface area contributed by atoms with Crippen molar-refractivity contribution < 1.29 is 18.7 Å². The number of ether oxygens (including phenoxy) is 2. The normalized spacial score (nSPS) is 12.0. The molecule has 0 radical (unpaired) electrons. The van der Waals surface area contributed by atoms with Gasteiger partial charge in [0.15, 0.2) is 6.10 Å². The third kappa shape index (κ3) is 5.71. The van der Waals surface area contributed by atoms with Crippen LogP contribution in [0.5, 0.6) is 5.75 Å². The van der Waals surface area contributed by atoms with Crippen LogP contribution in [-0.4, -0.2) is 25.2 Å². The summed E-state index contributed by atoms with van der Waals surface area (Å²) < 4.78 is 24.1. The summed E-state index contributed by atoms with van der Waals surface area (Å²) in [5.74, 6) is -0.198. The monoisotopic (exact) mass is 297 g/mol. The van der Waals surface area contributed by atoms with E-state index in [1.807, 2.05) is 6.92 Å². The Kier molecular flexibility index (Phi) is 7.75. The van der Waals surface area contributed by atoms with Crippen molar-refractivity contribution in [2.45, 2.75) is 46.3 Å². The van der Waals surface area contributed by atoms with Crippen LogP contribution in [0.1, 0.15) is 39.2 Å². The molecule has 1 atom stereocenters. The van der Waals surface area contributed by atoms with Crippen LogP contribution < -0.4 is 10.1 Å². The minimum absolute atomic E-state index is 0.313. The van der Waals surface area contributed by atoms with Crippen LogP contribution in [0.2, 0.25) is 0 Å². The molecule has 0 amide bonds. The number of esters is 1. The van der Waals surface area contributed by atoms with E-state index < -0.39 is 12.1 Å². The average Bonchev–Trinajstić information content (AvgIpc) is 2.47. The number of nitrogens with one attached hydrogen (secondary N) is 1. The lowest BCUT2D eigenvalue weighted by atomic mass is 10.2. The highest BCUT2D eigenvalue weighted by Crippen LogP contribution is 2.22. The Hall–Kier alpha value is -1.62. The molecule has 4 nitrogen and oxygen atoms in total. The second-order valence-electron chi connectivity index (χ2n) is 4.70. The topological polar surface area (TPSA) is 47.6 Å². The summed E-state index contributed by atoms with van der Waals surface area (Å²) in [6.07, 6.45) is 0.824. The molecule has 0 fully saturated rings. The minimum atomic E-state index is -0.666. The zero-order valence-electron chi connectivity index (χ0n) is 12.9. The van der Waals surface area contributed by atoms with Gasteiger partial charge in [0, 0.05) is 12.1 Å². The number of hydrogen-bond acceptors (Lipinski definition) is 4. The van der Waals surface area contributed by atoms with Gasteiger partial charge in [-0.2, -0.15) is 0 Å². The smallest absolute Gasteiger partial charge is 0.347 e. The SMILES string of the molecule is CCCNCc1cc(F)ccc1OC(CC)C(=O)OCC. The van der Waals surface area contributed by atoms with Crippen LogP contribution in [0.3, 0.4) is 0 Å². The van der Waals surface area contributed by atoms with E-state index in [-0.39, 0.29) is 5.82 Å². The van der Waals surface area contributed by atoms with E-state index in [9.17, 15) is 9.18 Å². The molecule has 0 aliphatic heterocycles. The molecule has 1 aromatic carbocycles. The molecule has 0 spiro atoms. The highest BCUT2D eigenvalue weighted by atomic mass is 19.1. The average molecular weight is 297 g/mol. The number of carbonyl (C=O) groups excluding carboxylic acids is 1. The number of benzene rings is 1. The fraction of sp³-hybridized carbons (Fsp3) is 0.562. The van der Waals surface area contributed by atoms with Gasteiger partial charge in [-0.05, 0) is 44.5 Å².